The summed E-state index contributed by atoms with van der Waals surface area (Å²) < 4.78 is 0. The van der Waals surface area contributed by atoms with Gasteiger partial charge in [-0.1, -0.05) is 23.2 Å². The smallest absolute Gasteiger partial charge is 0.255 e. The Morgan fingerprint density at radius 1 is 1.33 bits per heavy atom. The fraction of sp³-hybridized carbons (Fsp3) is 0.462. The van der Waals surface area contributed by atoms with Crippen molar-refractivity contribution >= 4 is 29.1 Å². The third-order valence-electron chi connectivity index (χ3n) is 2.51. The highest BCUT2D eigenvalue weighted by Crippen LogP contribution is 2.23. The zero-order valence-corrected chi connectivity index (χ0v) is 12.2. The van der Waals surface area contributed by atoms with E-state index in [1.54, 1.807) is 24.0 Å². The highest BCUT2D eigenvalue weighted by Gasteiger charge is 2.22. The molecule has 100 valence electrons. The van der Waals surface area contributed by atoms with Gasteiger partial charge < -0.3 is 10.0 Å². The van der Waals surface area contributed by atoms with Crippen LogP contribution in [-0.4, -0.2) is 34.6 Å². The van der Waals surface area contributed by atoms with E-state index in [0.717, 1.165) is 0 Å². The zero-order chi connectivity index (χ0) is 13.9. The molecule has 1 unspecified atom stereocenters. The van der Waals surface area contributed by atoms with Gasteiger partial charge in [-0.3, -0.25) is 4.79 Å². The Bertz CT molecular complexity index is 433. The van der Waals surface area contributed by atoms with Crippen LogP contribution in [0.15, 0.2) is 18.2 Å². The molecule has 0 saturated carbocycles. The molecule has 0 saturated heterocycles. The second kappa shape index (κ2) is 6.41. The van der Waals surface area contributed by atoms with E-state index in [1.165, 1.54) is 6.07 Å². The molecule has 0 radical (unpaired) electrons. The van der Waals surface area contributed by atoms with Gasteiger partial charge in [-0.25, -0.2) is 0 Å². The molecule has 18 heavy (non-hydrogen) atoms. The number of amides is 1. The maximum Gasteiger partial charge on any atom is 0.255 e. The van der Waals surface area contributed by atoms with Crippen LogP contribution in [0.5, 0.6) is 0 Å². The number of carbonyl (C=O) groups excluding carboxylic acids is 1. The van der Waals surface area contributed by atoms with E-state index < -0.39 is 6.10 Å². The normalized spacial score (nSPS) is 12.6. The highest BCUT2D eigenvalue weighted by atomic mass is 35.5. The van der Waals surface area contributed by atoms with Gasteiger partial charge in [0.25, 0.3) is 5.91 Å². The number of hydrogen-bond acceptors (Lipinski definition) is 2. The SMILES string of the molecule is CC(O)CN(C(=O)c1ccc(Cl)cc1Cl)C(C)C. The molecule has 1 rings (SSSR count). The molecule has 1 atom stereocenters. The number of rotatable bonds is 4. The molecule has 0 aromatic heterocycles. The van der Waals surface area contributed by atoms with E-state index in [1.807, 2.05) is 13.8 Å². The predicted octanol–water partition coefficient (Wildman–Crippen LogP) is 3.22. The fourth-order valence-corrected chi connectivity index (χ4v) is 2.12. The maximum absolute atomic E-state index is 12.3. The first-order valence-corrected chi connectivity index (χ1v) is 6.52. The van der Waals surface area contributed by atoms with Crippen LogP contribution in [0.1, 0.15) is 31.1 Å². The fourth-order valence-electron chi connectivity index (χ4n) is 1.63. The summed E-state index contributed by atoms with van der Waals surface area (Å²) in [7, 11) is 0. The molecule has 0 spiro atoms. The van der Waals surface area contributed by atoms with Crippen molar-refractivity contribution in [2.75, 3.05) is 6.54 Å². The van der Waals surface area contributed by atoms with Gasteiger partial charge in [0.1, 0.15) is 0 Å². The Hall–Kier alpha value is -0.770. The zero-order valence-electron chi connectivity index (χ0n) is 10.7. The van der Waals surface area contributed by atoms with Gasteiger partial charge in [0, 0.05) is 17.6 Å². The van der Waals surface area contributed by atoms with Crippen LogP contribution in [0.4, 0.5) is 0 Å². The highest BCUT2D eigenvalue weighted by molar-refractivity contribution is 6.36. The molecule has 0 aliphatic rings. The molecule has 5 heteroatoms. The summed E-state index contributed by atoms with van der Waals surface area (Å²) in [5, 5.41) is 10.2. The number of halogens is 2. The van der Waals surface area contributed by atoms with E-state index in [2.05, 4.69) is 0 Å². The number of aliphatic hydroxyl groups is 1. The molecule has 0 fully saturated rings. The molecule has 0 heterocycles. The number of nitrogens with zero attached hydrogens (tertiary/aromatic N) is 1. The number of benzene rings is 1. The number of carbonyl (C=O) groups is 1. The first-order valence-electron chi connectivity index (χ1n) is 5.77. The van der Waals surface area contributed by atoms with Crippen LogP contribution in [0.25, 0.3) is 0 Å². The van der Waals surface area contributed by atoms with Crippen molar-refractivity contribution in [3.63, 3.8) is 0 Å². The average molecular weight is 290 g/mol. The van der Waals surface area contributed by atoms with Gasteiger partial charge in [0.15, 0.2) is 0 Å². The Labute approximate surface area is 117 Å². The maximum atomic E-state index is 12.3. The minimum absolute atomic E-state index is 0.0150. The van der Waals surface area contributed by atoms with E-state index in [0.29, 0.717) is 15.6 Å². The van der Waals surface area contributed by atoms with Crippen molar-refractivity contribution in [3.05, 3.63) is 33.8 Å². The molecule has 3 nitrogen and oxygen atoms in total. The van der Waals surface area contributed by atoms with Gasteiger partial charge in [0.05, 0.1) is 16.7 Å². The van der Waals surface area contributed by atoms with Crippen molar-refractivity contribution in [1.29, 1.82) is 0 Å². The lowest BCUT2D eigenvalue weighted by atomic mass is 10.1. The van der Waals surface area contributed by atoms with E-state index in [-0.39, 0.29) is 18.5 Å². The van der Waals surface area contributed by atoms with Gasteiger partial charge in [-0.2, -0.15) is 0 Å². The topological polar surface area (TPSA) is 40.5 Å². The van der Waals surface area contributed by atoms with E-state index >= 15 is 0 Å². The third-order valence-corrected chi connectivity index (χ3v) is 3.05. The molecule has 1 aromatic rings. The average Bonchev–Trinajstić information content (AvgIpc) is 2.24. The first kappa shape index (κ1) is 15.3. The van der Waals surface area contributed by atoms with Crippen LogP contribution in [-0.2, 0) is 0 Å². The molecule has 0 aliphatic carbocycles. The molecule has 1 aromatic carbocycles. The van der Waals surface area contributed by atoms with E-state index in [9.17, 15) is 9.90 Å². The van der Waals surface area contributed by atoms with Gasteiger partial charge in [-0.05, 0) is 39.0 Å². The summed E-state index contributed by atoms with van der Waals surface area (Å²) in [6.07, 6.45) is -0.581. The van der Waals surface area contributed by atoms with Crippen LogP contribution in [0, 0.1) is 0 Å². The monoisotopic (exact) mass is 289 g/mol. The van der Waals surface area contributed by atoms with Crippen molar-refractivity contribution in [2.45, 2.75) is 32.9 Å². The second-order valence-electron chi connectivity index (χ2n) is 4.52. The Kier molecular flexibility index (Phi) is 5.45. The second-order valence-corrected chi connectivity index (χ2v) is 5.37. The lowest BCUT2D eigenvalue weighted by Gasteiger charge is -2.28. The summed E-state index contributed by atoms with van der Waals surface area (Å²) in [5.41, 5.74) is 0.399. The molecule has 0 aliphatic heterocycles. The standard InChI is InChI=1S/C13H17Cl2NO2/c1-8(2)16(7-9(3)17)13(18)11-5-4-10(14)6-12(11)15/h4-6,8-9,17H,7H2,1-3H3. The van der Waals surface area contributed by atoms with Gasteiger partial charge in [0.2, 0.25) is 0 Å². The third kappa shape index (κ3) is 3.87. The van der Waals surface area contributed by atoms with Crippen LogP contribution >= 0.6 is 23.2 Å². The summed E-state index contributed by atoms with van der Waals surface area (Å²) >= 11 is 11.8. The molecule has 1 amide bonds. The van der Waals surface area contributed by atoms with Crippen LogP contribution < -0.4 is 0 Å². The minimum Gasteiger partial charge on any atom is -0.392 e. The van der Waals surface area contributed by atoms with Crippen molar-refractivity contribution in [2.24, 2.45) is 0 Å². The first-order chi connectivity index (χ1) is 8.32. The molecular formula is C13H17Cl2NO2. The number of hydrogen-bond donors (Lipinski definition) is 1. The van der Waals surface area contributed by atoms with Crippen molar-refractivity contribution < 1.29 is 9.90 Å². The molecule has 1 N–H and O–H groups in total. The minimum atomic E-state index is -0.581. The molecular weight excluding hydrogens is 273 g/mol. The summed E-state index contributed by atoms with van der Waals surface area (Å²) in [6, 6.07) is 4.75. The Morgan fingerprint density at radius 3 is 2.39 bits per heavy atom. The quantitative estimate of drug-likeness (QED) is 0.925. The van der Waals surface area contributed by atoms with Gasteiger partial charge in [-0.15, -0.1) is 0 Å². The lowest BCUT2D eigenvalue weighted by Crippen LogP contribution is -2.41. The lowest BCUT2D eigenvalue weighted by molar-refractivity contribution is 0.0579. The van der Waals surface area contributed by atoms with Gasteiger partial charge >= 0.3 is 0 Å². The van der Waals surface area contributed by atoms with Crippen LogP contribution in [0.2, 0.25) is 10.0 Å². The Morgan fingerprint density at radius 2 is 1.94 bits per heavy atom. The summed E-state index contributed by atoms with van der Waals surface area (Å²) in [4.78, 5) is 13.9. The summed E-state index contributed by atoms with van der Waals surface area (Å²) in [6.45, 7) is 5.70. The van der Waals surface area contributed by atoms with Crippen molar-refractivity contribution in [3.8, 4) is 0 Å². The predicted molar refractivity (Wildman–Crippen MR) is 74.3 cm³/mol. The van der Waals surface area contributed by atoms with Crippen molar-refractivity contribution in [1.82, 2.24) is 4.90 Å². The largest absolute Gasteiger partial charge is 0.392 e. The Balaban J connectivity index is 3.02. The van der Waals surface area contributed by atoms with E-state index in [4.69, 9.17) is 23.2 Å². The summed E-state index contributed by atoms with van der Waals surface area (Å²) in [5.74, 6) is -0.201. The van der Waals surface area contributed by atoms with Crippen LogP contribution in [0.3, 0.4) is 0 Å². The number of aliphatic hydroxyl groups excluding tert-OH is 1. The molecule has 0 bridgehead atoms.